The minimum absolute atomic E-state index is 0.0946. The Morgan fingerprint density at radius 2 is 1.79 bits per heavy atom. The summed E-state index contributed by atoms with van der Waals surface area (Å²) in [6.45, 7) is 5.33. The molecule has 1 aromatic rings. The van der Waals surface area contributed by atoms with Crippen LogP contribution in [-0.4, -0.2) is 56.5 Å². The van der Waals surface area contributed by atoms with Crippen LogP contribution in [0.5, 0.6) is 11.5 Å². The molecule has 0 radical (unpaired) electrons. The molecule has 8 nitrogen and oxygen atoms in total. The molecular weight excluding hydrogens is 446 g/mol. The third kappa shape index (κ3) is 8.55. The number of carbonyl (C=O) groups excluding carboxylic acids is 1. The zero-order valence-electron chi connectivity index (χ0n) is 19.5. The number of unbranched alkanes of at least 4 members (excludes halogenated alkanes) is 4. The molecule has 33 heavy (non-hydrogen) atoms. The van der Waals surface area contributed by atoms with Crippen LogP contribution in [0.2, 0.25) is 0 Å². The maximum atomic E-state index is 12.9. The van der Waals surface area contributed by atoms with Crippen molar-refractivity contribution in [3.8, 4) is 11.5 Å². The van der Waals surface area contributed by atoms with E-state index in [0.29, 0.717) is 43.2 Å². The molecule has 2 aliphatic rings. The van der Waals surface area contributed by atoms with Crippen LogP contribution >= 0.6 is 0 Å². The van der Waals surface area contributed by atoms with E-state index >= 15 is 0 Å². The molecule has 0 aromatic heterocycles. The van der Waals surface area contributed by atoms with E-state index in [1.807, 2.05) is 0 Å². The number of likely N-dealkylation sites (tertiary alicyclic amines) is 1. The van der Waals surface area contributed by atoms with Gasteiger partial charge in [0.25, 0.3) is 0 Å². The van der Waals surface area contributed by atoms with Crippen molar-refractivity contribution in [3.05, 3.63) is 23.8 Å². The van der Waals surface area contributed by atoms with Gasteiger partial charge in [0.2, 0.25) is 0 Å². The highest BCUT2D eigenvalue weighted by Gasteiger charge is 2.33. The summed E-state index contributed by atoms with van der Waals surface area (Å²) < 4.78 is 49.5. The lowest BCUT2D eigenvalue weighted by atomic mass is 9.89. The van der Waals surface area contributed by atoms with Gasteiger partial charge in [-0.1, -0.05) is 38.7 Å². The summed E-state index contributed by atoms with van der Waals surface area (Å²) in [4.78, 5) is 15.1. The van der Waals surface area contributed by atoms with E-state index in [2.05, 4.69) is 11.8 Å². The van der Waals surface area contributed by atoms with Crippen LogP contribution in [0.25, 0.3) is 0 Å². The molecule has 9 heteroatoms. The largest absolute Gasteiger partial charge is 0.486 e. The number of benzene rings is 1. The standard InChI is InChI=1S/C24H37NO7S/c1-2-3-4-5-6-9-21(26)16-20(18-25-12-7-8-13-25)24(32-33(27,28)29)19-10-11-22-23(17-19)31-15-14-30-22/h10-11,17,20,24H,2-9,12-16,18H2,1H3,(H,27,28,29)/t20-,24-/m1/s1. The van der Waals surface area contributed by atoms with Crippen molar-refractivity contribution in [1.82, 2.24) is 4.90 Å². The van der Waals surface area contributed by atoms with Crippen molar-refractivity contribution in [3.63, 3.8) is 0 Å². The highest BCUT2D eigenvalue weighted by Crippen LogP contribution is 2.38. The number of fused-ring (bicyclic) bond motifs is 1. The molecule has 0 spiro atoms. The van der Waals surface area contributed by atoms with Crippen LogP contribution in [0.1, 0.15) is 76.4 Å². The van der Waals surface area contributed by atoms with Crippen molar-refractivity contribution < 1.29 is 31.4 Å². The molecule has 186 valence electrons. The summed E-state index contributed by atoms with van der Waals surface area (Å²) in [5.41, 5.74) is 0.539. The monoisotopic (exact) mass is 483 g/mol. The van der Waals surface area contributed by atoms with Crippen molar-refractivity contribution in [1.29, 1.82) is 0 Å². The van der Waals surface area contributed by atoms with Crippen molar-refractivity contribution in [2.45, 2.75) is 70.8 Å². The van der Waals surface area contributed by atoms with Crippen LogP contribution in [0, 0.1) is 5.92 Å². The lowest BCUT2D eigenvalue weighted by Gasteiger charge is -2.30. The Labute approximate surface area is 197 Å². The van der Waals surface area contributed by atoms with Gasteiger partial charge in [0.15, 0.2) is 11.5 Å². The smallest absolute Gasteiger partial charge is 0.397 e. The zero-order chi connectivity index (χ0) is 23.7. The van der Waals surface area contributed by atoms with Gasteiger partial charge in [-0.05, 0) is 50.0 Å². The first kappa shape index (κ1) is 25.9. The van der Waals surface area contributed by atoms with E-state index in [-0.39, 0.29) is 12.2 Å². The van der Waals surface area contributed by atoms with Gasteiger partial charge in [0.1, 0.15) is 25.1 Å². The predicted octanol–water partition coefficient (Wildman–Crippen LogP) is 4.35. The molecule has 1 N–H and O–H groups in total. The Kier molecular flexibility index (Phi) is 9.97. The minimum Gasteiger partial charge on any atom is -0.486 e. The maximum absolute atomic E-state index is 12.9. The molecule has 2 heterocycles. The highest BCUT2D eigenvalue weighted by atomic mass is 32.3. The summed E-state index contributed by atoms with van der Waals surface area (Å²) in [6.07, 6.45) is 7.10. The lowest BCUT2D eigenvalue weighted by Crippen LogP contribution is -2.33. The first-order chi connectivity index (χ1) is 15.9. The molecule has 0 aliphatic carbocycles. The number of rotatable bonds is 14. The van der Waals surface area contributed by atoms with Crippen molar-refractivity contribution in [2.75, 3.05) is 32.8 Å². The van der Waals surface area contributed by atoms with Crippen molar-refractivity contribution in [2.24, 2.45) is 5.92 Å². The number of hydrogen-bond acceptors (Lipinski definition) is 7. The highest BCUT2D eigenvalue weighted by molar-refractivity contribution is 7.80. The topological polar surface area (TPSA) is 102 Å². The summed E-state index contributed by atoms with van der Waals surface area (Å²) in [7, 11) is -4.74. The molecule has 3 rings (SSSR count). The first-order valence-corrected chi connectivity index (χ1v) is 13.5. The molecule has 1 aromatic carbocycles. The van der Waals surface area contributed by atoms with E-state index in [4.69, 9.17) is 13.7 Å². The molecule has 0 saturated carbocycles. The fourth-order valence-electron chi connectivity index (χ4n) is 4.66. The minimum atomic E-state index is -4.74. The lowest BCUT2D eigenvalue weighted by molar-refractivity contribution is -0.121. The summed E-state index contributed by atoms with van der Waals surface area (Å²) in [6, 6.07) is 5.12. The van der Waals surface area contributed by atoms with Gasteiger partial charge >= 0.3 is 10.4 Å². The molecule has 0 bridgehead atoms. The van der Waals surface area contributed by atoms with E-state index in [1.54, 1.807) is 18.2 Å². The van der Waals surface area contributed by atoms with Gasteiger partial charge in [0, 0.05) is 25.3 Å². The Balaban J connectivity index is 1.79. The van der Waals surface area contributed by atoms with Crippen molar-refractivity contribution >= 4 is 16.2 Å². The van der Waals surface area contributed by atoms with Gasteiger partial charge in [-0.15, -0.1) is 0 Å². The third-order valence-corrected chi connectivity index (χ3v) is 6.74. The van der Waals surface area contributed by atoms with Gasteiger partial charge in [-0.2, -0.15) is 8.42 Å². The molecule has 2 atom stereocenters. The first-order valence-electron chi connectivity index (χ1n) is 12.1. The second kappa shape index (κ2) is 12.7. The van der Waals surface area contributed by atoms with Crippen LogP contribution in [-0.2, 0) is 19.4 Å². The Hall–Kier alpha value is -1.68. The average Bonchev–Trinajstić information content (AvgIpc) is 3.29. The summed E-state index contributed by atoms with van der Waals surface area (Å²) >= 11 is 0. The quantitative estimate of drug-likeness (QED) is 0.308. The Morgan fingerprint density at radius 3 is 2.48 bits per heavy atom. The Morgan fingerprint density at radius 1 is 1.09 bits per heavy atom. The number of Topliss-reactive ketones (excluding diaryl/α,β-unsaturated/α-hetero) is 1. The number of nitrogens with zero attached hydrogens (tertiary/aromatic N) is 1. The molecule has 0 unspecified atom stereocenters. The van der Waals surface area contributed by atoms with E-state index in [0.717, 1.165) is 51.6 Å². The van der Waals surface area contributed by atoms with Gasteiger partial charge in [0.05, 0.1) is 0 Å². The van der Waals surface area contributed by atoms with Gasteiger partial charge in [-0.25, -0.2) is 4.18 Å². The second-order valence-electron chi connectivity index (χ2n) is 9.02. The number of hydrogen-bond donors (Lipinski definition) is 1. The maximum Gasteiger partial charge on any atom is 0.397 e. The van der Waals surface area contributed by atoms with Crippen LogP contribution in [0.3, 0.4) is 0 Å². The molecule has 0 amide bonds. The number of ketones is 1. The SMILES string of the molecule is CCCCCCCC(=O)C[C@H](CN1CCCC1)[C@H](OS(=O)(=O)O)c1ccc2c(c1)OCCO2. The molecular formula is C24H37NO7S. The second-order valence-corrected chi connectivity index (χ2v) is 10.1. The predicted molar refractivity (Wildman–Crippen MR) is 125 cm³/mol. The van der Waals surface area contributed by atoms with E-state index < -0.39 is 22.4 Å². The molecule has 1 saturated heterocycles. The zero-order valence-corrected chi connectivity index (χ0v) is 20.4. The third-order valence-electron chi connectivity index (χ3n) is 6.29. The molecule has 2 aliphatic heterocycles. The van der Waals surface area contributed by atoms with Gasteiger partial charge in [-0.3, -0.25) is 9.35 Å². The number of carbonyl (C=O) groups is 1. The average molecular weight is 484 g/mol. The van der Waals surface area contributed by atoms with Crippen LogP contribution in [0.4, 0.5) is 0 Å². The fourth-order valence-corrected chi connectivity index (χ4v) is 5.19. The molecule has 1 fully saturated rings. The van der Waals surface area contributed by atoms with E-state index in [9.17, 15) is 17.8 Å². The normalized spacial score (nSPS) is 18.2. The summed E-state index contributed by atoms with van der Waals surface area (Å²) in [5, 5.41) is 0. The fraction of sp³-hybridized carbons (Fsp3) is 0.708. The van der Waals surface area contributed by atoms with E-state index in [1.165, 1.54) is 6.42 Å². The summed E-state index contributed by atoms with van der Waals surface area (Å²) in [5.74, 6) is 0.757. The number of ether oxygens (including phenoxy) is 2. The van der Waals surface area contributed by atoms with Gasteiger partial charge < -0.3 is 14.4 Å². The van der Waals surface area contributed by atoms with Crippen LogP contribution in [0.15, 0.2) is 18.2 Å². The Bertz CT molecular complexity index is 868. The van der Waals surface area contributed by atoms with Crippen LogP contribution < -0.4 is 9.47 Å².